The summed E-state index contributed by atoms with van der Waals surface area (Å²) in [6, 6.07) is -0.453. The third kappa shape index (κ3) is 16.0. The number of rotatable bonds is 11. The summed E-state index contributed by atoms with van der Waals surface area (Å²) in [6.45, 7) is 7.42. The fraction of sp³-hybridized carbons (Fsp3) is 0.481. The van der Waals surface area contributed by atoms with E-state index >= 15 is 0 Å². The lowest BCUT2D eigenvalue weighted by atomic mass is 9.88. The molecule has 0 saturated heterocycles. The number of hydrazine groups is 1. The highest BCUT2D eigenvalue weighted by Gasteiger charge is 2.26. The molecule has 0 radical (unpaired) electrons. The zero-order valence-corrected chi connectivity index (χ0v) is 23.7. The molecule has 3 atom stereocenters. The molecule has 13 heteroatoms. The zero-order chi connectivity index (χ0) is 31.1. The SMILES string of the molecule is C/C(=C/N)NN.CC.CNCC(CN(C)C1C=CC(F)=C(C2C=CC(CN)=CC2)C(F)=C1)OC=O.O=CC(F)F. The van der Waals surface area contributed by atoms with Crippen molar-refractivity contribution < 1.29 is 31.9 Å². The maximum atomic E-state index is 14.9. The highest BCUT2D eigenvalue weighted by molar-refractivity contribution is 5.53. The molecule has 0 saturated carbocycles. The molecule has 0 aromatic heterocycles. The number of hydrogen-bond acceptors (Lipinski definition) is 9. The van der Waals surface area contributed by atoms with Gasteiger partial charge in [-0.1, -0.05) is 38.2 Å². The van der Waals surface area contributed by atoms with Crippen molar-refractivity contribution in [1.82, 2.24) is 15.6 Å². The van der Waals surface area contributed by atoms with Gasteiger partial charge in [-0.05, 0) is 45.2 Å². The van der Waals surface area contributed by atoms with E-state index in [2.05, 4.69) is 10.7 Å². The molecule has 2 aliphatic carbocycles. The number of ether oxygens (including phenoxy) is 1. The van der Waals surface area contributed by atoms with Crippen LogP contribution in [0.2, 0.25) is 0 Å². The minimum Gasteiger partial charge on any atom is -0.462 e. The number of likely N-dealkylation sites (N-methyl/N-ethyl adjacent to an activating group) is 2. The van der Waals surface area contributed by atoms with Crippen LogP contribution in [0.4, 0.5) is 17.6 Å². The zero-order valence-electron chi connectivity index (χ0n) is 23.7. The highest BCUT2D eigenvalue weighted by atomic mass is 19.3. The summed E-state index contributed by atoms with van der Waals surface area (Å²) in [4.78, 5) is 21.2. The quantitative estimate of drug-likeness (QED) is 0.108. The Morgan fingerprint density at radius 3 is 2.25 bits per heavy atom. The molecule has 9 nitrogen and oxygen atoms in total. The van der Waals surface area contributed by atoms with Gasteiger partial charge in [0.15, 0.2) is 6.29 Å². The molecule has 0 aliphatic heterocycles. The van der Waals surface area contributed by atoms with Crippen molar-refractivity contribution in [2.75, 3.05) is 33.7 Å². The van der Waals surface area contributed by atoms with Gasteiger partial charge >= 0.3 is 0 Å². The van der Waals surface area contributed by atoms with Crippen LogP contribution in [0.5, 0.6) is 0 Å². The van der Waals surface area contributed by atoms with E-state index in [1.54, 1.807) is 38.1 Å². The Labute approximate surface area is 234 Å². The van der Waals surface area contributed by atoms with Crippen LogP contribution < -0.4 is 28.1 Å². The van der Waals surface area contributed by atoms with Crippen molar-refractivity contribution in [1.29, 1.82) is 0 Å². The second kappa shape index (κ2) is 23.6. The fourth-order valence-corrected chi connectivity index (χ4v) is 3.29. The highest BCUT2D eigenvalue weighted by Crippen LogP contribution is 2.34. The van der Waals surface area contributed by atoms with Gasteiger partial charge in [0.1, 0.15) is 17.8 Å². The van der Waals surface area contributed by atoms with Crippen LogP contribution in [0.1, 0.15) is 27.2 Å². The molecule has 8 N–H and O–H groups in total. The molecule has 2 rings (SSSR count). The summed E-state index contributed by atoms with van der Waals surface area (Å²) in [5, 5.41) is 2.94. The molecule has 0 bridgehead atoms. The van der Waals surface area contributed by atoms with Gasteiger partial charge in [0.05, 0.1) is 0 Å². The molecule has 40 heavy (non-hydrogen) atoms. The standard InChI is InChI=1S/C20H27F2N3O2.C3H9N3.C2H2F2O.C2H6/c1-24-11-17(27-13-26)12-25(2)16-7-8-18(21)20(19(22)9-16)15-5-3-14(10-23)4-6-15;1-3(2-4)6-5;3-2(4)1-5;1-2/h3-5,7-9,13,15-17,24H,6,10-12,23H2,1-2H3;2,6H,4-5H2,1H3;1-2H;1-2H3/b;3-2-;;. The number of carbonyl (C=O) groups is 2. The predicted octanol–water partition coefficient (Wildman–Crippen LogP) is 2.90. The number of nitrogens with one attached hydrogen (secondary N) is 2. The largest absolute Gasteiger partial charge is 0.462 e. The van der Waals surface area contributed by atoms with Crippen LogP contribution in [0.3, 0.4) is 0 Å². The number of hydrogen-bond donors (Lipinski definition) is 5. The fourth-order valence-electron chi connectivity index (χ4n) is 3.29. The van der Waals surface area contributed by atoms with Crippen molar-refractivity contribution in [2.24, 2.45) is 23.2 Å². The summed E-state index contributed by atoms with van der Waals surface area (Å²) < 4.78 is 55.3. The number of nitrogens with zero attached hydrogens (tertiary/aromatic N) is 1. The van der Waals surface area contributed by atoms with Gasteiger partial charge in [-0.25, -0.2) is 17.6 Å². The second-order valence-electron chi connectivity index (χ2n) is 8.13. The van der Waals surface area contributed by atoms with Crippen molar-refractivity contribution in [3.05, 3.63) is 71.2 Å². The number of carbonyl (C=O) groups excluding carboxylic acids is 2. The Hall–Kier alpha value is -3.26. The monoisotopic (exact) mass is 576 g/mol. The average molecular weight is 577 g/mol. The molecule has 228 valence electrons. The van der Waals surface area contributed by atoms with Crippen molar-refractivity contribution >= 4 is 12.8 Å². The Kier molecular flexibility index (Phi) is 23.0. The minimum atomic E-state index is -2.80. The molecule has 0 amide bonds. The summed E-state index contributed by atoms with van der Waals surface area (Å²) in [5.74, 6) is 3.38. The molecule has 0 heterocycles. The minimum absolute atomic E-state index is 0.0571. The molecular weight excluding hydrogens is 532 g/mol. The molecule has 0 fully saturated rings. The van der Waals surface area contributed by atoms with E-state index in [-0.39, 0.29) is 17.6 Å². The molecular formula is C27H44F4N6O3. The van der Waals surface area contributed by atoms with Crippen LogP contribution in [0, 0.1) is 5.92 Å². The smallest absolute Gasteiger partial charge is 0.293 e. The van der Waals surface area contributed by atoms with Crippen LogP contribution in [-0.2, 0) is 14.3 Å². The average Bonchev–Trinajstić information content (AvgIpc) is 3.12. The van der Waals surface area contributed by atoms with E-state index in [0.29, 0.717) is 32.5 Å². The maximum Gasteiger partial charge on any atom is 0.293 e. The van der Waals surface area contributed by atoms with E-state index in [1.807, 2.05) is 26.0 Å². The summed E-state index contributed by atoms with van der Waals surface area (Å²) in [7, 11) is 3.52. The van der Waals surface area contributed by atoms with Crippen molar-refractivity contribution in [3.8, 4) is 0 Å². The lowest BCUT2D eigenvalue weighted by Crippen LogP contribution is -2.40. The maximum absolute atomic E-state index is 14.9. The normalized spacial score (nSPS) is 19.0. The Balaban J connectivity index is 0. The van der Waals surface area contributed by atoms with E-state index < -0.39 is 30.4 Å². The van der Waals surface area contributed by atoms with E-state index in [9.17, 15) is 22.4 Å². The third-order valence-corrected chi connectivity index (χ3v) is 5.32. The molecule has 3 unspecified atom stereocenters. The van der Waals surface area contributed by atoms with E-state index in [4.69, 9.17) is 26.8 Å². The topological polar surface area (TPSA) is 149 Å². The van der Waals surface area contributed by atoms with Gasteiger partial charge in [-0.3, -0.25) is 20.3 Å². The van der Waals surface area contributed by atoms with E-state index in [1.165, 1.54) is 18.4 Å². The molecule has 0 aromatic rings. The van der Waals surface area contributed by atoms with Crippen LogP contribution in [0.25, 0.3) is 0 Å². The number of halogens is 4. The first kappa shape index (κ1) is 38.9. The number of aldehydes is 1. The van der Waals surface area contributed by atoms with Gasteiger partial charge in [-0.15, -0.1) is 0 Å². The number of nitrogens with two attached hydrogens (primary N) is 3. The second-order valence-corrected chi connectivity index (χ2v) is 8.13. The Morgan fingerprint density at radius 2 is 1.85 bits per heavy atom. The first-order chi connectivity index (χ1) is 19.1. The van der Waals surface area contributed by atoms with Gasteiger partial charge in [0.25, 0.3) is 12.9 Å². The lowest BCUT2D eigenvalue weighted by molar-refractivity contribution is -0.134. The van der Waals surface area contributed by atoms with Crippen molar-refractivity contribution in [2.45, 2.75) is 45.8 Å². The van der Waals surface area contributed by atoms with Gasteiger partial charge < -0.3 is 26.9 Å². The summed E-state index contributed by atoms with van der Waals surface area (Å²) >= 11 is 0. The molecule has 2 aliphatic rings. The predicted molar refractivity (Wildman–Crippen MR) is 151 cm³/mol. The van der Waals surface area contributed by atoms with E-state index in [0.717, 1.165) is 11.3 Å². The first-order valence-electron chi connectivity index (χ1n) is 12.6. The van der Waals surface area contributed by atoms with Gasteiger partial charge in [0, 0.05) is 49.1 Å². The lowest BCUT2D eigenvalue weighted by Gasteiger charge is -2.27. The van der Waals surface area contributed by atoms with Gasteiger partial charge in [0.2, 0.25) is 0 Å². The summed E-state index contributed by atoms with van der Waals surface area (Å²) in [5.41, 5.74) is 14.7. The Morgan fingerprint density at radius 1 is 1.23 bits per heavy atom. The summed E-state index contributed by atoms with van der Waals surface area (Å²) in [6.07, 6.45) is 8.15. The van der Waals surface area contributed by atoms with Crippen LogP contribution in [-0.4, -0.2) is 70.0 Å². The third-order valence-electron chi connectivity index (χ3n) is 5.32. The first-order valence-corrected chi connectivity index (χ1v) is 12.6. The van der Waals surface area contributed by atoms with Gasteiger partial charge in [-0.2, -0.15) is 0 Å². The van der Waals surface area contributed by atoms with Crippen LogP contribution in [0.15, 0.2) is 71.2 Å². The molecule has 0 spiro atoms. The molecule has 0 aromatic carbocycles. The van der Waals surface area contributed by atoms with Crippen LogP contribution >= 0.6 is 0 Å². The number of allylic oxidation sites excluding steroid dienone is 7. The van der Waals surface area contributed by atoms with Crippen molar-refractivity contribution in [3.63, 3.8) is 0 Å². The number of alkyl halides is 2. The Bertz CT molecular complexity index is 920.